The second-order valence-electron chi connectivity index (χ2n) is 8.42. The van der Waals surface area contributed by atoms with Crippen molar-refractivity contribution in [3.05, 3.63) is 77.0 Å². The summed E-state index contributed by atoms with van der Waals surface area (Å²) in [6, 6.07) is 18.6. The van der Waals surface area contributed by atoms with E-state index in [1.165, 1.54) is 11.1 Å². The van der Waals surface area contributed by atoms with E-state index in [0.717, 1.165) is 60.8 Å². The number of rotatable bonds is 6. The molecule has 1 aliphatic rings. The number of hydrogen-bond donors (Lipinski definition) is 1. The predicted octanol–water partition coefficient (Wildman–Crippen LogP) is 5.19. The molecule has 2 heterocycles. The third-order valence-electron chi connectivity index (χ3n) is 6.15. The maximum Gasteiger partial charge on any atom is 0.137 e. The highest BCUT2D eigenvalue weighted by Crippen LogP contribution is 2.34. The van der Waals surface area contributed by atoms with E-state index in [0.29, 0.717) is 5.56 Å². The molecule has 0 spiro atoms. The lowest BCUT2D eigenvalue weighted by Gasteiger charge is -2.32. The van der Waals surface area contributed by atoms with E-state index in [4.69, 9.17) is 5.26 Å². The molecule has 1 saturated heterocycles. The van der Waals surface area contributed by atoms with E-state index in [1.807, 2.05) is 30.5 Å². The number of nitrogens with zero attached hydrogens (tertiary/aromatic N) is 4. The van der Waals surface area contributed by atoms with Gasteiger partial charge in [-0.05, 0) is 61.2 Å². The third-order valence-corrected chi connectivity index (χ3v) is 6.15. The SMILES string of the molecule is C=Nc1[nH]cc(-c2ccc(C#N)cc2)c1/C=C(\C)c1ccc(CN2CCN(C)CC2)cc1. The van der Waals surface area contributed by atoms with Crippen LogP contribution in [0.25, 0.3) is 22.8 Å². The molecule has 0 bridgehead atoms. The minimum Gasteiger partial charge on any atom is -0.346 e. The number of piperazine rings is 1. The molecular formula is C27H29N5. The Labute approximate surface area is 190 Å². The van der Waals surface area contributed by atoms with Crippen molar-refractivity contribution in [2.75, 3.05) is 33.2 Å². The molecule has 2 aromatic carbocycles. The van der Waals surface area contributed by atoms with Gasteiger partial charge in [-0.2, -0.15) is 5.26 Å². The molecule has 5 nitrogen and oxygen atoms in total. The summed E-state index contributed by atoms with van der Waals surface area (Å²) in [5.41, 5.74) is 7.43. The number of aromatic amines is 1. The summed E-state index contributed by atoms with van der Waals surface area (Å²) in [5, 5.41) is 9.07. The highest BCUT2D eigenvalue weighted by Gasteiger charge is 2.14. The Morgan fingerprint density at radius 1 is 1.09 bits per heavy atom. The molecule has 1 aliphatic heterocycles. The maximum atomic E-state index is 9.07. The van der Waals surface area contributed by atoms with Gasteiger partial charge < -0.3 is 9.88 Å². The molecule has 0 radical (unpaired) electrons. The molecule has 4 rings (SSSR count). The fourth-order valence-corrected chi connectivity index (χ4v) is 4.10. The molecule has 1 N–H and O–H groups in total. The summed E-state index contributed by atoms with van der Waals surface area (Å²) in [6.45, 7) is 11.4. The lowest BCUT2D eigenvalue weighted by molar-refractivity contribution is 0.148. The van der Waals surface area contributed by atoms with Gasteiger partial charge in [-0.3, -0.25) is 4.90 Å². The average molecular weight is 424 g/mol. The number of H-pyrrole nitrogens is 1. The Bertz CT molecular complexity index is 1140. The molecule has 0 unspecified atom stereocenters. The van der Waals surface area contributed by atoms with E-state index in [2.05, 4.69) is 76.9 Å². The second kappa shape index (κ2) is 9.78. The number of aliphatic imine (C=N–C) groups is 1. The van der Waals surface area contributed by atoms with Crippen LogP contribution in [0.5, 0.6) is 0 Å². The first-order chi connectivity index (χ1) is 15.6. The highest BCUT2D eigenvalue weighted by atomic mass is 15.2. The molecule has 5 heteroatoms. The summed E-state index contributed by atoms with van der Waals surface area (Å²) in [7, 11) is 2.19. The van der Waals surface area contributed by atoms with Crippen LogP contribution in [0.2, 0.25) is 0 Å². The van der Waals surface area contributed by atoms with Crippen molar-refractivity contribution in [1.82, 2.24) is 14.8 Å². The first kappa shape index (κ1) is 21.8. The standard InChI is InChI=1S/C27H29N5/c1-20(23-8-6-22(7-9-23)19-32-14-12-31(3)13-15-32)16-25-26(18-30-27(25)29-2)24-10-4-21(17-28)5-11-24/h4-11,16,18,30H,2,12-15,19H2,1,3H3/b20-16+. The zero-order valence-corrected chi connectivity index (χ0v) is 18.8. The number of nitriles is 1. The van der Waals surface area contributed by atoms with Crippen LogP contribution in [0.3, 0.4) is 0 Å². The van der Waals surface area contributed by atoms with Crippen LogP contribution < -0.4 is 0 Å². The quantitative estimate of drug-likeness (QED) is 0.555. The molecule has 1 aromatic heterocycles. The van der Waals surface area contributed by atoms with Gasteiger partial charge in [0.15, 0.2) is 0 Å². The van der Waals surface area contributed by atoms with Crippen molar-refractivity contribution in [3.8, 4) is 17.2 Å². The van der Waals surface area contributed by atoms with Crippen LogP contribution in [0.4, 0.5) is 5.82 Å². The van der Waals surface area contributed by atoms with Gasteiger partial charge in [0.2, 0.25) is 0 Å². The first-order valence-corrected chi connectivity index (χ1v) is 10.9. The van der Waals surface area contributed by atoms with E-state index >= 15 is 0 Å². The normalized spacial score (nSPS) is 15.5. The van der Waals surface area contributed by atoms with Gasteiger partial charge in [-0.15, -0.1) is 0 Å². The average Bonchev–Trinajstić information content (AvgIpc) is 3.23. The fraction of sp³-hybridized carbons (Fsp3) is 0.259. The lowest BCUT2D eigenvalue weighted by atomic mass is 9.98. The van der Waals surface area contributed by atoms with Gasteiger partial charge in [0.05, 0.1) is 11.6 Å². The lowest BCUT2D eigenvalue weighted by Crippen LogP contribution is -2.43. The number of benzene rings is 2. The first-order valence-electron chi connectivity index (χ1n) is 10.9. The second-order valence-corrected chi connectivity index (χ2v) is 8.42. The van der Waals surface area contributed by atoms with Crippen molar-refractivity contribution in [3.63, 3.8) is 0 Å². The number of allylic oxidation sites excluding steroid dienone is 1. The predicted molar refractivity (Wildman–Crippen MR) is 133 cm³/mol. The van der Waals surface area contributed by atoms with Crippen LogP contribution in [-0.2, 0) is 6.54 Å². The van der Waals surface area contributed by atoms with Gasteiger partial charge in [-0.25, -0.2) is 4.99 Å². The summed E-state index contributed by atoms with van der Waals surface area (Å²) >= 11 is 0. The minimum atomic E-state index is 0.649. The summed E-state index contributed by atoms with van der Waals surface area (Å²) in [4.78, 5) is 12.3. The van der Waals surface area contributed by atoms with Crippen LogP contribution >= 0.6 is 0 Å². The van der Waals surface area contributed by atoms with Crippen LogP contribution in [0.1, 0.15) is 29.2 Å². The number of likely N-dealkylation sites (N-methyl/N-ethyl adjacent to an activating group) is 1. The van der Waals surface area contributed by atoms with E-state index in [9.17, 15) is 0 Å². The Balaban J connectivity index is 1.55. The smallest absolute Gasteiger partial charge is 0.137 e. The summed E-state index contributed by atoms with van der Waals surface area (Å²) < 4.78 is 0. The van der Waals surface area contributed by atoms with Crippen molar-refractivity contribution < 1.29 is 0 Å². The topological polar surface area (TPSA) is 58.4 Å². The monoisotopic (exact) mass is 423 g/mol. The number of nitrogens with one attached hydrogen (secondary N) is 1. The summed E-state index contributed by atoms with van der Waals surface area (Å²) in [6.07, 6.45) is 4.10. The van der Waals surface area contributed by atoms with Crippen molar-refractivity contribution in [1.29, 1.82) is 5.26 Å². The molecule has 0 saturated carbocycles. The van der Waals surface area contributed by atoms with Gasteiger partial charge in [0, 0.05) is 50.0 Å². The Morgan fingerprint density at radius 2 is 1.78 bits per heavy atom. The highest BCUT2D eigenvalue weighted by molar-refractivity contribution is 5.90. The molecule has 0 atom stereocenters. The molecule has 0 aliphatic carbocycles. The minimum absolute atomic E-state index is 0.649. The zero-order chi connectivity index (χ0) is 22.5. The van der Waals surface area contributed by atoms with Gasteiger partial charge in [0.25, 0.3) is 0 Å². The maximum absolute atomic E-state index is 9.07. The molecule has 3 aromatic rings. The summed E-state index contributed by atoms with van der Waals surface area (Å²) in [5.74, 6) is 0.746. The zero-order valence-electron chi connectivity index (χ0n) is 18.8. The van der Waals surface area contributed by atoms with Crippen molar-refractivity contribution in [2.24, 2.45) is 4.99 Å². The van der Waals surface area contributed by atoms with E-state index in [-0.39, 0.29) is 0 Å². The van der Waals surface area contributed by atoms with Crippen LogP contribution in [0.15, 0.2) is 59.7 Å². The molecule has 0 amide bonds. The molecular weight excluding hydrogens is 394 g/mol. The van der Waals surface area contributed by atoms with Gasteiger partial charge in [-0.1, -0.05) is 36.4 Å². The van der Waals surface area contributed by atoms with Gasteiger partial charge >= 0.3 is 0 Å². The Hall–Kier alpha value is -3.46. The Kier molecular flexibility index (Phi) is 6.65. The van der Waals surface area contributed by atoms with Crippen molar-refractivity contribution >= 4 is 24.2 Å². The molecule has 1 fully saturated rings. The number of aromatic nitrogens is 1. The van der Waals surface area contributed by atoms with E-state index < -0.39 is 0 Å². The van der Waals surface area contributed by atoms with Crippen molar-refractivity contribution in [2.45, 2.75) is 13.5 Å². The molecule has 162 valence electrons. The van der Waals surface area contributed by atoms with E-state index in [1.54, 1.807) is 0 Å². The number of hydrogen-bond acceptors (Lipinski definition) is 4. The van der Waals surface area contributed by atoms with Crippen LogP contribution in [0, 0.1) is 11.3 Å². The van der Waals surface area contributed by atoms with Gasteiger partial charge in [0.1, 0.15) is 5.82 Å². The third kappa shape index (κ3) is 4.88. The largest absolute Gasteiger partial charge is 0.346 e. The molecule has 32 heavy (non-hydrogen) atoms. The fourth-order valence-electron chi connectivity index (χ4n) is 4.10. The Morgan fingerprint density at radius 3 is 2.41 bits per heavy atom. The van der Waals surface area contributed by atoms with Crippen LogP contribution in [-0.4, -0.2) is 54.7 Å².